The van der Waals surface area contributed by atoms with E-state index < -0.39 is 0 Å². The van der Waals surface area contributed by atoms with E-state index in [2.05, 4.69) is 43.4 Å². The van der Waals surface area contributed by atoms with Crippen LogP contribution >= 0.6 is 11.8 Å². The van der Waals surface area contributed by atoms with Crippen molar-refractivity contribution in [2.75, 3.05) is 38.4 Å². The SMILES string of the molecule is CCCNC(CSCCOC)c1ccc(OCCC)cc1. The van der Waals surface area contributed by atoms with Crippen LogP contribution in [0.2, 0.25) is 0 Å². The molecule has 0 spiro atoms. The van der Waals surface area contributed by atoms with Crippen molar-refractivity contribution in [3.63, 3.8) is 0 Å². The molecule has 0 aliphatic heterocycles. The molecule has 0 fully saturated rings. The zero-order valence-electron chi connectivity index (χ0n) is 13.6. The first-order chi connectivity index (χ1) is 10.3. The molecule has 21 heavy (non-hydrogen) atoms. The Bertz CT molecular complexity index is 356. The first-order valence-corrected chi connectivity index (χ1v) is 9.00. The van der Waals surface area contributed by atoms with Crippen molar-refractivity contribution < 1.29 is 9.47 Å². The third-order valence-electron chi connectivity index (χ3n) is 3.11. The molecule has 4 heteroatoms. The summed E-state index contributed by atoms with van der Waals surface area (Å²) in [6, 6.07) is 8.90. The van der Waals surface area contributed by atoms with Crippen LogP contribution in [-0.2, 0) is 4.74 Å². The quantitative estimate of drug-likeness (QED) is 0.593. The maximum atomic E-state index is 5.64. The van der Waals surface area contributed by atoms with E-state index in [1.165, 1.54) is 5.56 Å². The molecule has 0 saturated heterocycles. The summed E-state index contributed by atoms with van der Waals surface area (Å²) in [5.74, 6) is 3.07. The van der Waals surface area contributed by atoms with Gasteiger partial charge in [0.25, 0.3) is 0 Å². The molecule has 1 unspecified atom stereocenters. The molecule has 1 aromatic rings. The maximum Gasteiger partial charge on any atom is 0.119 e. The minimum absolute atomic E-state index is 0.395. The van der Waals surface area contributed by atoms with Gasteiger partial charge in [-0.25, -0.2) is 0 Å². The van der Waals surface area contributed by atoms with E-state index in [0.717, 1.165) is 49.9 Å². The second-order valence-electron chi connectivity index (χ2n) is 4.99. The minimum atomic E-state index is 0.395. The highest BCUT2D eigenvalue weighted by Crippen LogP contribution is 2.21. The van der Waals surface area contributed by atoms with Crippen LogP contribution in [0.25, 0.3) is 0 Å². The molecular weight excluding hydrogens is 282 g/mol. The van der Waals surface area contributed by atoms with E-state index in [4.69, 9.17) is 9.47 Å². The van der Waals surface area contributed by atoms with Crippen molar-refractivity contribution in [2.45, 2.75) is 32.7 Å². The van der Waals surface area contributed by atoms with Gasteiger partial charge in [0, 0.05) is 24.7 Å². The highest BCUT2D eigenvalue weighted by Gasteiger charge is 2.10. The van der Waals surface area contributed by atoms with Gasteiger partial charge in [0.1, 0.15) is 5.75 Å². The summed E-state index contributed by atoms with van der Waals surface area (Å²) in [4.78, 5) is 0. The number of benzene rings is 1. The number of ether oxygens (including phenoxy) is 2. The van der Waals surface area contributed by atoms with Crippen LogP contribution in [-0.4, -0.2) is 38.4 Å². The monoisotopic (exact) mass is 311 g/mol. The fourth-order valence-corrected chi connectivity index (χ4v) is 2.95. The molecule has 120 valence electrons. The summed E-state index contributed by atoms with van der Waals surface area (Å²) in [7, 11) is 1.75. The number of rotatable bonds is 12. The van der Waals surface area contributed by atoms with E-state index in [-0.39, 0.29) is 0 Å². The summed E-state index contributed by atoms with van der Waals surface area (Å²) >= 11 is 1.93. The van der Waals surface area contributed by atoms with E-state index in [1.54, 1.807) is 7.11 Å². The molecular formula is C17H29NO2S. The smallest absolute Gasteiger partial charge is 0.119 e. The van der Waals surface area contributed by atoms with Crippen LogP contribution in [0.4, 0.5) is 0 Å². The van der Waals surface area contributed by atoms with Crippen LogP contribution < -0.4 is 10.1 Å². The van der Waals surface area contributed by atoms with Crippen molar-refractivity contribution >= 4 is 11.8 Å². The standard InChI is InChI=1S/C17H29NO2S/c1-4-10-18-17(14-21-13-12-19-3)15-6-8-16(9-7-15)20-11-5-2/h6-9,17-18H,4-5,10-14H2,1-3H3. The first-order valence-electron chi connectivity index (χ1n) is 7.84. The van der Waals surface area contributed by atoms with Gasteiger partial charge in [-0.05, 0) is 37.1 Å². The molecule has 0 aliphatic rings. The molecule has 0 aliphatic carbocycles. The summed E-state index contributed by atoms with van der Waals surface area (Å²) in [6.45, 7) is 6.96. The van der Waals surface area contributed by atoms with E-state index in [0.29, 0.717) is 6.04 Å². The Balaban J connectivity index is 2.54. The van der Waals surface area contributed by atoms with Crippen LogP contribution in [0.5, 0.6) is 5.75 Å². The van der Waals surface area contributed by atoms with Crippen molar-refractivity contribution in [2.24, 2.45) is 0 Å². The lowest BCUT2D eigenvalue weighted by atomic mass is 10.1. The molecule has 1 atom stereocenters. The molecule has 0 amide bonds. The third kappa shape index (κ3) is 7.74. The van der Waals surface area contributed by atoms with Gasteiger partial charge < -0.3 is 14.8 Å². The van der Waals surface area contributed by atoms with Crippen LogP contribution in [0.3, 0.4) is 0 Å². The molecule has 1 rings (SSSR count). The third-order valence-corrected chi connectivity index (χ3v) is 4.14. The van der Waals surface area contributed by atoms with Crippen molar-refractivity contribution in [1.82, 2.24) is 5.32 Å². The number of hydrogen-bond acceptors (Lipinski definition) is 4. The second-order valence-corrected chi connectivity index (χ2v) is 6.14. The van der Waals surface area contributed by atoms with E-state index in [9.17, 15) is 0 Å². The minimum Gasteiger partial charge on any atom is -0.494 e. The van der Waals surface area contributed by atoms with Gasteiger partial charge in [0.15, 0.2) is 0 Å². The average molecular weight is 311 g/mol. The Hall–Kier alpha value is -0.710. The molecule has 0 bridgehead atoms. The Morgan fingerprint density at radius 3 is 2.48 bits per heavy atom. The van der Waals surface area contributed by atoms with Crippen molar-refractivity contribution in [3.05, 3.63) is 29.8 Å². The number of methoxy groups -OCH3 is 1. The lowest BCUT2D eigenvalue weighted by molar-refractivity contribution is 0.218. The summed E-state index contributed by atoms with van der Waals surface area (Å²) in [5.41, 5.74) is 1.33. The average Bonchev–Trinajstić information content (AvgIpc) is 2.53. The van der Waals surface area contributed by atoms with Gasteiger partial charge in [0.2, 0.25) is 0 Å². The van der Waals surface area contributed by atoms with Crippen LogP contribution in [0.1, 0.15) is 38.3 Å². The Morgan fingerprint density at radius 1 is 1.10 bits per heavy atom. The van der Waals surface area contributed by atoms with Crippen molar-refractivity contribution in [1.29, 1.82) is 0 Å². The van der Waals surface area contributed by atoms with Gasteiger partial charge in [-0.2, -0.15) is 11.8 Å². The van der Waals surface area contributed by atoms with Gasteiger partial charge in [-0.15, -0.1) is 0 Å². The van der Waals surface area contributed by atoms with E-state index in [1.807, 2.05) is 11.8 Å². The van der Waals surface area contributed by atoms with Gasteiger partial charge >= 0.3 is 0 Å². The zero-order valence-corrected chi connectivity index (χ0v) is 14.4. The fourth-order valence-electron chi connectivity index (χ4n) is 1.95. The van der Waals surface area contributed by atoms with E-state index >= 15 is 0 Å². The lowest BCUT2D eigenvalue weighted by Gasteiger charge is -2.19. The summed E-state index contributed by atoms with van der Waals surface area (Å²) in [5, 5.41) is 3.62. The normalized spacial score (nSPS) is 12.3. The van der Waals surface area contributed by atoms with Gasteiger partial charge in [-0.3, -0.25) is 0 Å². The highest BCUT2D eigenvalue weighted by molar-refractivity contribution is 7.99. The number of thioether (sulfide) groups is 1. The summed E-state index contributed by atoms with van der Waals surface area (Å²) < 4.78 is 10.7. The highest BCUT2D eigenvalue weighted by atomic mass is 32.2. The molecule has 1 N–H and O–H groups in total. The second kappa shape index (κ2) is 11.9. The topological polar surface area (TPSA) is 30.5 Å². The Kier molecular flexibility index (Phi) is 10.4. The van der Waals surface area contributed by atoms with Crippen LogP contribution in [0, 0.1) is 0 Å². The largest absolute Gasteiger partial charge is 0.494 e. The Morgan fingerprint density at radius 2 is 1.86 bits per heavy atom. The zero-order chi connectivity index (χ0) is 15.3. The number of nitrogens with one attached hydrogen (secondary N) is 1. The first kappa shape index (κ1) is 18.3. The molecule has 3 nitrogen and oxygen atoms in total. The van der Waals surface area contributed by atoms with Crippen LogP contribution in [0.15, 0.2) is 24.3 Å². The Labute approximate surface area is 133 Å². The molecule has 0 saturated carbocycles. The fraction of sp³-hybridized carbons (Fsp3) is 0.647. The summed E-state index contributed by atoms with van der Waals surface area (Å²) in [6.07, 6.45) is 2.19. The number of hydrogen-bond donors (Lipinski definition) is 1. The molecule has 0 aromatic heterocycles. The maximum absolute atomic E-state index is 5.64. The predicted molar refractivity (Wildman–Crippen MR) is 92.5 cm³/mol. The molecule has 0 heterocycles. The van der Waals surface area contributed by atoms with Crippen molar-refractivity contribution in [3.8, 4) is 5.75 Å². The van der Waals surface area contributed by atoms with Gasteiger partial charge in [-0.1, -0.05) is 26.0 Å². The molecule has 1 aromatic carbocycles. The predicted octanol–water partition coefficient (Wildman–Crippen LogP) is 3.90. The lowest BCUT2D eigenvalue weighted by Crippen LogP contribution is -2.24. The van der Waals surface area contributed by atoms with Gasteiger partial charge in [0.05, 0.1) is 13.2 Å². The molecule has 0 radical (unpaired) electrons.